The highest BCUT2D eigenvalue weighted by atomic mass is 35.5. The van der Waals surface area contributed by atoms with Crippen LogP contribution < -0.4 is 0 Å². The van der Waals surface area contributed by atoms with Crippen molar-refractivity contribution in [2.45, 2.75) is 63.9 Å². The molecular formula is C10H20BClO2. The first-order valence-electron chi connectivity index (χ1n) is 5.30. The highest BCUT2D eigenvalue weighted by Gasteiger charge is 2.53. The van der Waals surface area contributed by atoms with E-state index in [4.69, 9.17) is 20.9 Å². The summed E-state index contributed by atoms with van der Waals surface area (Å²) in [5.41, 5.74) is -0.531. The molecule has 0 amide bonds. The molecule has 1 aliphatic heterocycles. The number of hydrogen-bond acceptors (Lipinski definition) is 2. The zero-order valence-corrected chi connectivity index (χ0v) is 10.5. The second kappa shape index (κ2) is 4.03. The van der Waals surface area contributed by atoms with Gasteiger partial charge in [0.25, 0.3) is 0 Å². The summed E-state index contributed by atoms with van der Waals surface area (Å²) in [7, 11) is -0.262. The van der Waals surface area contributed by atoms with Gasteiger partial charge in [-0.2, -0.15) is 0 Å². The molecule has 0 aliphatic carbocycles. The van der Waals surface area contributed by atoms with Crippen LogP contribution in [0.2, 0.25) is 0 Å². The van der Waals surface area contributed by atoms with Crippen LogP contribution in [0.4, 0.5) is 0 Å². The summed E-state index contributed by atoms with van der Waals surface area (Å²) < 4.78 is 11.6. The summed E-state index contributed by atoms with van der Waals surface area (Å²) in [5, 5.41) is -0.0407. The van der Waals surface area contributed by atoms with Crippen LogP contribution in [0.1, 0.15) is 47.5 Å². The molecule has 0 spiro atoms. The van der Waals surface area contributed by atoms with Crippen molar-refractivity contribution in [3.05, 3.63) is 0 Å². The van der Waals surface area contributed by atoms with Crippen molar-refractivity contribution in [1.29, 1.82) is 0 Å². The molecule has 0 aromatic rings. The SMILES string of the molecule is CCCC(Cl)B1OC(C)(C)C(C)(C)O1. The van der Waals surface area contributed by atoms with Gasteiger partial charge in [0.05, 0.1) is 16.5 Å². The van der Waals surface area contributed by atoms with E-state index < -0.39 is 0 Å². The summed E-state index contributed by atoms with van der Waals surface area (Å²) in [4.78, 5) is 0. The van der Waals surface area contributed by atoms with E-state index in [1.165, 1.54) is 0 Å². The Morgan fingerprint density at radius 2 is 1.57 bits per heavy atom. The minimum absolute atomic E-state index is 0.0407. The third-order valence-corrected chi connectivity index (χ3v) is 3.56. The molecule has 0 N–H and O–H groups in total. The lowest BCUT2D eigenvalue weighted by molar-refractivity contribution is 0.00578. The number of hydrogen-bond donors (Lipinski definition) is 0. The van der Waals surface area contributed by atoms with Gasteiger partial charge in [-0.25, -0.2) is 0 Å². The summed E-state index contributed by atoms with van der Waals surface area (Å²) in [6, 6.07) is 0. The Labute approximate surface area is 92.4 Å². The maximum absolute atomic E-state index is 6.19. The Bertz CT molecular complexity index is 190. The van der Waals surface area contributed by atoms with Crippen molar-refractivity contribution in [1.82, 2.24) is 0 Å². The molecular weight excluding hydrogens is 198 g/mol. The average Bonchev–Trinajstić information content (AvgIpc) is 2.22. The van der Waals surface area contributed by atoms with Crippen LogP contribution in [-0.2, 0) is 9.31 Å². The van der Waals surface area contributed by atoms with Crippen LogP contribution in [0.3, 0.4) is 0 Å². The fourth-order valence-electron chi connectivity index (χ4n) is 1.45. The molecule has 1 atom stereocenters. The number of alkyl halides is 1. The standard InChI is InChI=1S/C10H20BClO2/c1-6-7-8(12)11-13-9(2,3)10(4,5)14-11/h8H,6-7H2,1-5H3. The molecule has 1 unspecified atom stereocenters. The molecule has 0 saturated carbocycles. The first kappa shape index (κ1) is 12.3. The molecule has 1 heterocycles. The highest BCUT2D eigenvalue weighted by molar-refractivity contribution is 6.59. The molecule has 1 fully saturated rings. The molecule has 0 radical (unpaired) electrons. The summed E-state index contributed by atoms with van der Waals surface area (Å²) in [6.45, 7) is 10.3. The molecule has 0 aromatic heterocycles. The molecule has 0 aromatic carbocycles. The fraction of sp³-hybridized carbons (Fsp3) is 1.00. The lowest BCUT2D eigenvalue weighted by Gasteiger charge is -2.32. The lowest BCUT2D eigenvalue weighted by atomic mass is 9.82. The van der Waals surface area contributed by atoms with Gasteiger partial charge in [0.1, 0.15) is 0 Å². The van der Waals surface area contributed by atoms with E-state index in [0.717, 1.165) is 12.8 Å². The van der Waals surface area contributed by atoms with Gasteiger partial charge in [0.2, 0.25) is 0 Å². The van der Waals surface area contributed by atoms with Crippen LogP contribution >= 0.6 is 11.6 Å². The van der Waals surface area contributed by atoms with Crippen molar-refractivity contribution < 1.29 is 9.31 Å². The van der Waals surface area contributed by atoms with Crippen LogP contribution in [0.5, 0.6) is 0 Å². The van der Waals surface area contributed by atoms with Gasteiger partial charge < -0.3 is 9.31 Å². The van der Waals surface area contributed by atoms with Crippen molar-refractivity contribution in [3.63, 3.8) is 0 Å². The second-order valence-electron chi connectivity index (χ2n) is 4.93. The number of rotatable bonds is 3. The van der Waals surface area contributed by atoms with Crippen LogP contribution in [-0.4, -0.2) is 23.6 Å². The molecule has 1 aliphatic rings. The van der Waals surface area contributed by atoms with Gasteiger partial charge in [0, 0.05) is 0 Å². The van der Waals surface area contributed by atoms with Gasteiger partial charge in [-0.1, -0.05) is 13.3 Å². The highest BCUT2D eigenvalue weighted by Crippen LogP contribution is 2.38. The van der Waals surface area contributed by atoms with Gasteiger partial charge in [0.15, 0.2) is 0 Å². The molecule has 4 heteroatoms. The van der Waals surface area contributed by atoms with Gasteiger partial charge in [-0.05, 0) is 34.1 Å². The van der Waals surface area contributed by atoms with E-state index in [1.807, 2.05) is 27.7 Å². The van der Waals surface area contributed by atoms with Gasteiger partial charge in [-0.15, -0.1) is 11.6 Å². The molecule has 1 saturated heterocycles. The van der Waals surface area contributed by atoms with E-state index >= 15 is 0 Å². The Morgan fingerprint density at radius 3 is 1.93 bits per heavy atom. The van der Waals surface area contributed by atoms with Crippen molar-refractivity contribution in [2.24, 2.45) is 0 Å². The van der Waals surface area contributed by atoms with Crippen LogP contribution in [0.15, 0.2) is 0 Å². The Balaban J connectivity index is 2.63. The Morgan fingerprint density at radius 1 is 1.14 bits per heavy atom. The minimum atomic E-state index is -0.265. The average molecular weight is 219 g/mol. The third kappa shape index (κ3) is 2.26. The molecule has 0 bridgehead atoms. The minimum Gasteiger partial charge on any atom is -0.402 e. The molecule has 14 heavy (non-hydrogen) atoms. The van der Waals surface area contributed by atoms with E-state index in [2.05, 4.69) is 6.92 Å². The largest absolute Gasteiger partial charge is 0.476 e. The van der Waals surface area contributed by atoms with Gasteiger partial charge >= 0.3 is 7.12 Å². The van der Waals surface area contributed by atoms with Crippen molar-refractivity contribution >= 4 is 18.7 Å². The Hall–Kier alpha value is 0.275. The first-order valence-corrected chi connectivity index (χ1v) is 5.73. The first-order chi connectivity index (χ1) is 6.30. The van der Waals surface area contributed by atoms with Gasteiger partial charge in [-0.3, -0.25) is 0 Å². The maximum Gasteiger partial charge on any atom is 0.476 e. The fourth-order valence-corrected chi connectivity index (χ4v) is 1.77. The lowest BCUT2D eigenvalue weighted by Crippen LogP contribution is -2.41. The normalized spacial score (nSPS) is 26.6. The van der Waals surface area contributed by atoms with Crippen molar-refractivity contribution in [2.75, 3.05) is 0 Å². The summed E-state index contributed by atoms with van der Waals surface area (Å²) in [6.07, 6.45) is 1.98. The second-order valence-corrected chi connectivity index (χ2v) is 5.49. The Kier molecular flexibility index (Phi) is 3.55. The van der Waals surface area contributed by atoms with Crippen molar-refractivity contribution in [3.8, 4) is 0 Å². The molecule has 2 nitrogen and oxygen atoms in total. The predicted octanol–water partition coefficient (Wildman–Crippen LogP) is 3.03. The predicted molar refractivity (Wildman–Crippen MR) is 60.6 cm³/mol. The monoisotopic (exact) mass is 218 g/mol. The maximum atomic E-state index is 6.19. The molecule has 82 valence electrons. The smallest absolute Gasteiger partial charge is 0.402 e. The van der Waals surface area contributed by atoms with E-state index in [9.17, 15) is 0 Å². The van der Waals surface area contributed by atoms with E-state index in [0.29, 0.717) is 0 Å². The zero-order chi connectivity index (χ0) is 11.0. The van der Waals surface area contributed by atoms with E-state index in [-0.39, 0.29) is 23.6 Å². The summed E-state index contributed by atoms with van der Waals surface area (Å²) in [5.74, 6) is 0. The number of halogens is 1. The van der Waals surface area contributed by atoms with Crippen LogP contribution in [0, 0.1) is 0 Å². The molecule has 1 rings (SSSR count). The quantitative estimate of drug-likeness (QED) is 0.535. The third-order valence-electron chi connectivity index (χ3n) is 3.13. The summed E-state index contributed by atoms with van der Waals surface area (Å²) >= 11 is 6.19. The van der Waals surface area contributed by atoms with E-state index in [1.54, 1.807) is 0 Å². The topological polar surface area (TPSA) is 18.5 Å². The zero-order valence-electron chi connectivity index (χ0n) is 9.76. The van der Waals surface area contributed by atoms with Crippen LogP contribution in [0.25, 0.3) is 0 Å².